The molecule has 2 aromatic carbocycles. The second kappa shape index (κ2) is 7.20. The van der Waals surface area contributed by atoms with Crippen LogP contribution in [0, 0.1) is 11.6 Å². The minimum atomic E-state index is -4.36. The van der Waals surface area contributed by atoms with Gasteiger partial charge in [0.05, 0.1) is 16.3 Å². The Bertz CT molecular complexity index is 987. The minimum Gasteiger partial charge on any atom is -0.505 e. The fourth-order valence-electron chi connectivity index (χ4n) is 2.38. The number of carbonyl (C=O) groups is 1. The SMILES string of the molecule is CC(C)c1cc(CS(=O)(=O)c2cc(C(=O)O)cc(Cl)c2O)c(F)cc1F. The van der Waals surface area contributed by atoms with E-state index in [1.54, 1.807) is 13.8 Å². The van der Waals surface area contributed by atoms with Crippen LogP contribution in [0.15, 0.2) is 29.2 Å². The number of phenolic OH excluding ortho intramolecular Hbond substituents is 1. The summed E-state index contributed by atoms with van der Waals surface area (Å²) in [7, 11) is -4.36. The normalized spacial score (nSPS) is 11.8. The molecule has 0 amide bonds. The number of sulfone groups is 1. The van der Waals surface area contributed by atoms with E-state index in [-0.39, 0.29) is 17.0 Å². The number of hydrogen-bond donors (Lipinski definition) is 2. The molecule has 26 heavy (non-hydrogen) atoms. The van der Waals surface area contributed by atoms with Crippen molar-refractivity contribution in [1.29, 1.82) is 0 Å². The molecule has 0 aromatic heterocycles. The average Bonchev–Trinajstić information content (AvgIpc) is 2.51. The summed E-state index contributed by atoms with van der Waals surface area (Å²) in [4.78, 5) is 10.3. The molecule has 0 unspecified atom stereocenters. The van der Waals surface area contributed by atoms with Crippen LogP contribution in [-0.4, -0.2) is 24.6 Å². The van der Waals surface area contributed by atoms with Crippen LogP contribution in [0.3, 0.4) is 0 Å². The Kier molecular flexibility index (Phi) is 5.58. The van der Waals surface area contributed by atoms with Gasteiger partial charge >= 0.3 is 5.97 Å². The Labute approximate surface area is 153 Å². The lowest BCUT2D eigenvalue weighted by Gasteiger charge is -2.13. The van der Waals surface area contributed by atoms with Gasteiger partial charge in [0.2, 0.25) is 0 Å². The minimum absolute atomic E-state index is 0.137. The Balaban J connectivity index is 2.57. The zero-order chi connectivity index (χ0) is 19.8. The summed E-state index contributed by atoms with van der Waals surface area (Å²) < 4.78 is 53.0. The fraction of sp³-hybridized carbons (Fsp3) is 0.235. The van der Waals surface area contributed by atoms with Crippen molar-refractivity contribution in [2.45, 2.75) is 30.4 Å². The molecule has 0 fully saturated rings. The second-order valence-corrected chi connectivity index (χ2v) is 8.35. The van der Waals surface area contributed by atoms with Crippen LogP contribution >= 0.6 is 11.6 Å². The van der Waals surface area contributed by atoms with Crippen LogP contribution in [-0.2, 0) is 15.6 Å². The highest BCUT2D eigenvalue weighted by Gasteiger charge is 2.26. The lowest BCUT2D eigenvalue weighted by atomic mass is 10.0. The van der Waals surface area contributed by atoms with E-state index < -0.39 is 54.4 Å². The van der Waals surface area contributed by atoms with Crippen LogP contribution in [0.25, 0.3) is 0 Å². The molecule has 0 bridgehead atoms. The molecular weight excluding hydrogens is 390 g/mol. The molecule has 0 atom stereocenters. The van der Waals surface area contributed by atoms with Gasteiger partial charge in [-0.25, -0.2) is 22.0 Å². The number of aromatic carboxylic acids is 1. The maximum atomic E-state index is 14.0. The van der Waals surface area contributed by atoms with Gasteiger partial charge in [-0.3, -0.25) is 0 Å². The number of carboxylic acids is 1. The smallest absolute Gasteiger partial charge is 0.335 e. The molecule has 2 aromatic rings. The summed E-state index contributed by atoms with van der Waals surface area (Å²) in [5.74, 6) is -5.34. The summed E-state index contributed by atoms with van der Waals surface area (Å²) in [5, 5.41) is 18.5. The zero-order valence-electron chi connectivity index (χ0n) is 13.8. The Morgan fingerprint density at radius 2 is 1.77 bits per heavy atom. The number of carboxylic acid groups (broad SMARTS) is 1. The summed E-state index contributed by atoms with van der Waals surface area (Å²) in [6, 6.07) is 3.34. The molecule has 0 spiro atoms. The summed E-state index contributed by atoms with van der Waals surface area (Å²) in [6.45, 7) is 3.33. The van der Waals surface area contributed by atoms with Crippen LogP contribution in [0.2, 0.25) is 5.02 Å². The van der Waals surface area contributed by atoms with Crippen molar-refractivity contribution >= 4 is 27.4 Å². The molecule has 0 radical (unpaired) electrons. The van der Waals surface area contributed by atoms with Crippen LogP contribution in [0.4, 0.5) is 8.78 Å². The van der Waals surface area contributed by atoms with Gasteiger partial charge in [0, 0.05) is 11.6 Å². The predicted molar refractivity (Wildman–Crippen MR) is 91.4 cm³/mol. The standard InChI is InChI=1S/C17H15ClF2O5S/c1-8(2)11-3-10(13(19)6-14(11)20)7-26(24,25)15-5-9(17(22)23)4-12(18)16(15)21/h3-6,8,21H,7H2,1-2H3,(H,22,23). The van der Waals surface area contributed by atoms with Crippen molar-refractivity contribution in [2.24, 2.45) is 0 Å². The quantitative estimate of drug-likeness (QED) is 0.782. The van der Waals surface area contributed by atoms with E-state index in [4.69, 9.17) is 16.7 Å². The summed E-state index contributed by atoms with van der Waals surface area (Å²) in [5.41, 5.74) is -0.613. The van der Waals surface area contributed by atoms with E-state index in [1.807, 2.05) is 0 Å². The van der Waals surface area contributed by atoms with E-state index in [1.165, 1.54) is 0 Å². The Hall–Kier alpha value is -2.19. The fourth-order valence-corrected chi connectivity index (χ4v) is 4.16. The van der Waals surface area contributed by atoms with Crippen molar-refractivity contribution in [3.8, 4) is 5.75 Å². The number of halogens is 3. The van der Waals surface area contributed by atoms with Crippen LogP contribution in [0.5, 0.6) is 5.75 Å². The average molecular weight is 405 g/mol. The van der Waals surface area contributed by atoms with Crippen LogP contribution in [0.1, 0.15) is 41.3 Å². The first-order chi connectivity index (χ1) is 11.9. The maximum Gasteiger partial charge on any atom is 0.335 e. The zero-order valence-corrected chi connectivity index (χ0v) is 15.3. The Morgan fingerprint density at radius 1 is 1.15 bits per heavy atom. The molecule has 0 aliphatic rings. The molecule has 2 N–H and O–H groups in total. The van der Waals surface area contributed by atoms with Gasteiger partial charge in [0.25, 0.3) is 0 Å². The van der Waals surface area contributed by atoms with E-state index in [0.29, 0.717) is 6.07 Å². The van der Waals surface area contributed by atoms with E-state index >= 15 is 0 Å². The first kappa shape index (κ1) is 20.1. The van der Waals surface area contributed by atoms with Gasteiger partial charge in [-0.2, -0.15) is 0 Å². The first-order valence-electron chi connectivity index (χ1n) is 7.40. The molecular formula is C17H15ClF2O5S. The van der Waals surface area contributed by atoms with Crippen molar-refractivity contribution in [3.63, 3.8) is 0 Å². The highest BCUT2D eigenvalue weighted by molar-refractivity contribution is 7.90. The second-order valence-electron chi connectivity index (χ2n) is 5.99. The third-order valence-corrected chi connectivity index (χ3v) is 5.70. The highest BCUT2D eigenvalue weighted by Crippen LogP contribution is 2.35. The first-order valence-corrected chi connectivity index (χ1v) is 9.43. The van der Waals surface area contributed by atoms with Crippen molar-refractivity contribution in [3.05, 3.63) is 57.6 Å². The van der Waals surface area contributed by atoms with Gasteiger partial charge < -0.3 is 10.2 Å². The molecule has 0 heterocycles. The van der Waals surface area contributed by atoms with Gasteiger partial charge in [0.1, 0.15) is 16.5 Å². The predicted octanol–water partition coefficient (Wildman–Crippen LogP) is 4.12. The lowest BCUT2D eigenvalue weighted by Crippen LogP contribution is -2.10. The number of benzene rings is 2. The monoisotopic (exact) mass is 404 g/mol. The number of rotatable bonds is 5. The molecule has 0 saturated carbocycles. The largest absolute Gasteiger partial charge is 0.505 e. The van der Waals surface area contributed by atoms with Crippen molar-refractivity contribution in [1.82, 2.24) is 0 Å². The molecule has 2 rings (SSSR count). The van der Waals surface area contributed by atoms with Gasteiger partial charge in [-0.15, -0.1) is 0 Å². The Morgan fingerprint density at radius 3 is 2.31 bits per heavy atom. The topological polar surface area (TPSA) is 91.7 Å². The molecule has 0 saturated heterocycles. The summed E-state index contributed by atoms with van der Waals surface area (Å²) >= 11 is 5.69. The molecule has 0 aliphatic carbocycles. The van der Waals surface area contributed by atoms with E-state index in [0.717, 1.165) is 18.2 Å². The molecule has 140 valence electrons. The molecule has 0 aliphatic heterocycles. The van der Waals surface area contributed by atoms with E-state index in [9.17, 15) is 27.1 Å². The van der Waals surface area contributed by atoms with E-state index in [2.05, 4.69) is 0 Å². The maximum absolute atomic E-state index is 14.0. The third kappa shape index (κ3) is 3.96. The highest BCUT2D eigenvalue weighted by atomic mass is 35.5. The molecule has 9 heteroatoms. The van der Waals surface area contributed by atoms with Gasteiger partial charge in [0.15, 0.2) is 15.6 Å². The van der Waals surface area contributed by atoms with Crippen molar-refractivity contribution in [2.75, 3.05) is 0 Å². The van der Waals surface area contributed by atoms with Gasteiger partial charge in [-0.05, 0) is 29.7 Å². The van der Waals surface area contributed by atoms with Gasteiger partial charge in [-0.1, -0.05) is 25.4 Å². The number of aromatic hydroxyl groups is 1. The lowest BCUT2D eigenvalue weighted by molar-refractivity contribution is 0.0696. The van der Waals surface area contributed by atoms with Crippen LogP contribution < -0.4 is 0 Å². The number of phenols is 1. The number of hydrogen-bond acceptors (Lipinski definition) is 4. The third-order valence-electron chi connectivity index (χ3n) is 3.74. The molecule has 5 nitrogen and oxygen atoms in total. The van der Waals surface area contributed by atoms with Crippen molar-refractivity contribution < 1.29 is 32.2 Å². The summed E-state index contributed by atoms with van der Waals surface area (Å²) in [6.07, 6.45) is 0.